The lowest BCUT2D eigenvalue weighted by molar-refractivity contribution is -0.137. The van der Waals surface area contributed by atoms with Crippen molar-refractivity contribution >= 4 is 77.4 Å². The second kappa shape index (κ2) is 40.4. The first-order valence-corrected chi connectivity index (χ1v) is 28.3. The third-order valence-electron chi connectivity index (χ3n) is 13.4. The Labute approximate surface area is 488 Å². The van der Waals surface area contributed by atoms with Crippen LogP contribution in [0.4, 0.5) is 0 Å². The van der Waals surface area contributed by atoms with Gasteiger partial charge in [-0.3, -0.25) is 52.7 Å². The van der Waals surface area contributed by atoms with Crippen molar-refractivity contribution in [3.8, 4) is 0 Å². The fourth-order valence-electron chi connectivity index (χ4n) is 8.60. The van der Waals surface area contributed by atoms with E-state index in [4.69, 9.17) is 28.7 Å². The number of halogens is 1. The third-order valence-corrected chi connectivity index (χ3v) is 13.4. The summed E-state index contributed by atoms with van der Waals surface area (Å²) in [5.74, 6) is -9.60. The van der Waals surface area contributed by atoms with Crippen molar-refractivity contribution in [3.05, 3.63) is 0 Å². The van der Waals surface area contributed by atoms with E-state index < -0.39 is 151 Å². The van der Waals surface area contributed by atoms with Gasteiger partial charge in [-0.2, -0.15) is 0 Å². The molecule has 1 fully saturated rings. The van der Waals surface area contributed by atoms with Gasteiger partial charge in [0.25, 0.3) is 0 Å². The molecule has 0 spiro atoms. The predicted molar refractivity (Wildman–Crippen MR) is 308 cm³/mol. The summed E-state index contributed by atoms with van der Waals surface area (Å²) in [5.41, 5.74) is 29.2. The molecule has 1 heterocycles. The minimum atomic E-state index is -1.69. The van der Waals surface area contributed by atoms with Crippen LogP contribution in [0.25, 0.3) is 0 Å². The van der Waals surface area contributed by atoms with Crippen molar-refractivity contribution in [1.29, 1.82) is 0 Å². The molecule has 0 aromatic rings. The predicted octanol–water partition coefficient (Wildman–Crippen LogP) is -5.41. The molecule has 30 heteroatoms. The van der Waals surface area contributed by atoms with Crippen LogP contribution in [-0.4, -0.2) is 187 Å². The molecule has 29 nitrogen and oxygen atoms in total. The van der Waals surface area contributed by atoms with Gasteiger partial charge in [0.15, 0.2) is 0 Å². The lowest BCUT2D eigenvalue weighted by Crippen LogP contribution is -2.62. The molecule has 1 saturated heterocycles. The first kappa shape index (κ1) is 76.2. The minimum Gasteiger partial charge on any atom is -0.391 e. The van der Waals surface area contributed by atoms with Crippen molar-refractivity contribution in [1.82, 2.24) is 58.5 Å². The van der Waals surface area contributed by atoms with E-state index in [1.807, 2.05) is 6.92 Å². The maximum absolute atomic E-state index is 14.4. The summed E-state index contributed by atoms with van der Waals surface area (Å²) in [4.78, 5) is 153. The Kier molecular flexibility index (Phi) is 37.5. The number of hydrogen-bond acceptors (Lipinski definition) is 18. The average Bonchev–Trinajstić information content (AvgIpc) is 3.46. The standard InChI is InChI=1S/C52H98N16O13.ClH/c1-9-29(6)11-10-12-40(71)59-32(13-19-53)47(76)68-42(31(8)70)52(81)64-35(16-22-56)44(73)63-37-18-24-58-51(80)41(30(7)69)67-48(77)36(17-23-57)61-43(72)33(14-20-54)62-49(78)38(25-27(2)3)66-50(79)39(26-28(4)5)65-45(74)34(15-21-55)60-46(37)75;/h27-39,41-42,69-70H,9-26,53-57H2,1-8H3,(H,58,80)(H,59,71)(H,60,75)(H,61,72)(H,62,78)(H,63,73)(H,64,81)(H,65,74)(H,66,79)(H,67,77)(H,68,76);1H/t29?,30-,31-,32+,33+,34+,35+,36-,37+,38-,39-,41?,42+;/m1./s1. The second-order valence-corrected chi connectivity index (χ2v) is 21.6. The lowest BCUT2D eigenvalue weighted by Gasteiger charge is -2.29. The van der Waals surface area contributed by atoms with Gasteiger partial charge >= 0.3 is 0 Å². The van der Waals surface area contributed by atoms with Crippen molar-refractivity contribution in [2.24, 2.45) is 46.4 Å². The maximum Gasteiger partial charge on any atom is 0.245 e. The summed E-state index contributed by atoms with van der Waals surface area (Å²) < 4.78 is 0. The van der Waals surface area contributed by atoms with Gasteiger partial charge in [-0.15, -0.1) is 12.4 Å². The Bertz CT molecular complexity index is 2060. The lowest BCUT2D eigenvalue weighted by atomic mass is 9.99. The number of amides is 11. The first-order valence-electron chi connectivity index (χ1n) is 28.3. The molecular weight excluding hydrogens is 1090 g/mol. The van der Waals surface area contributed by atoms with Crippen LogP contribution in [0.2, 0.25) is 0 Å². The number of aliphatic hydroxyl groups excluding tert-OH is 2. The van der Waals surface area contributed by atoms with E-state index in [2.05, 4.69) is 65.4 Å². The Balaban J connectivity index is 0.0000656. The van der Waals surface area contributed by atoms with Crippen LogP contribution < -0.4 is 87.2 Å². The van der Waals surface area contributed by atoms with Gasteiger partial charge in [0.05, 0.1) is 12.2 Å². The van der Waals surface area contributed by atoms with Crippen LogP contribution in [0.3, 0.4) is 0 Å². The monoisotopic (exact) mass is 1190 g/mol. The SMILES string of the molecule is CCC(C)CCCC(=O)N[C@@H](CCN)C(=O)N[C@H](C(=O)N[C@@H](CCN)C(=O)N[C@H]1CCNC(=O)C([C@@H](C)O)NC(=O)[C@@H](CCN)NC(=O)[C@H](CCN)NC(=O)[C@@H](CC(C)C)NC(=O)[C@@H](CC(C)C)NC(=O)[C@H](CCN)NC1=O)[C@@H](C)O.Cl. The normalized spacial score (nSPS) is 23.3. The zero-order valence-electron chi connectivity index (χ0n) is 49.1. The zero-order chi connectivity index (χ0) is 61.5. The molecule has 1 aliphatic heterocycles. The van der Waals surface area contributed by atoms with Gasteiger partial charge in [0.1, 0.15) is 60.4 Å². The molecule has 0 radical (unpaired) electrons. The summed E-state index contributed by atoms with van der Waals surface area (Å²) in [6.45, 7) is 12.5. The summed E-state index contributed by atoms with van der Waals surface area (Å²) in [6, 6.07) is -14.5. The van der Waals surface area contributed by atoms with E-state index in [9.17, 15) is 63.0 Å². The Morgan fingerprint density at radius 3 is 1.38 bits per heavy atom. The van der Waals surface area contributed by atoms with E-state index in [-0.39, 0.29) is 108 Å². The van der Waals surface area contributed by atoms with Crippen LogP contribution in [0, 0.1) is 17.8 Å². The van der Waals surface area contributed by atoms with Crippen LogP contribution in [-0.2, 0) is 52.7 Å². The number of hydrogen-bond donors (Lipinski definition) is 18. The molecular formula is C52H99ClN16O13. The van der Waals surface area contributed by atoms with E-state index >= 15 is 0 Å². The summed E-state index contributed by atoms with van der Waals surface area (Å²) in [5, 5.41) is 49.5. The van der Waals surface area contributed by atoms with Gasteiger partial charge in [-0.25, -0.2) is 0 Å². The summed E-state index contributed by atoms with van der Waals surface area (Å²) >= 11 is 0. The molecule has 472 valence electrons. The topological polar surface area (TPSA) is 491 Å². The molecule has 0 saturated carbocycles. The van der Waals surface area contributed by atoms with E-state index in [0.717, 1.165) is 12.8 Å². The first-order chi connectivity index (χ1) is 38.2. The van der Waals surface area contributed by atoms with Crippen molar-refractivity contribution in [2.75, 3.05) is 39.3 Å². The molecule has 1 rings (SSSR count). The fraction of sp³-hybridized carbons (Fsp3) is 0.788. The molecule has 0 aromatic heterocycles. The van der Waals surface area contributed by atoms with Gasteiger partial charge in [0, 0.05) is 13.0 Å². The van der Waals surface area contributed by atoms with Crippen LogP contribution >= 0.6 is 12.4 Å². The largest absolute Gasteiger partial charge is 0.391 e. The second-order valence-electron chi connectivity index (χ2n) is 21.6. The molecule has 0 aliphatic carbocycles. The highest BCUT2D eigenvalue weighted by atomic mass is 35.5. The van der Waals surface area contributed by atoms with Crippen molar-refractivity contribution in [2.45, 2.75) is 205 Å². The minimum absolute atomic E-state index is 0. The number of rotatable bonds is 28. The van der Waals surface area contributed by atoms with Gasteiger partial charge < -0.3 is 97.4 Å². The highest BCUT2D eigenvalue weighted by Crippen LogP contribution is 2.13. The number of carbonyl (C=O) groups excluding carboxylic acids is 11. The van der Waals surface area contributed by atoms with Crippen molar-refractivity contribution in [3.63, 3.8) is 0 Å². The smallest absolute Gasteiger partial charge is 0.245 e. The Morgan fingerprint density at radius 1 is 0.537 bits per heavy atom. The van der Waals surface area contributed by atoms with Crippen LogP contribution in [0.5, 0.6) is 0 Å². The van der Waals surface area contributed by atoms with E-state index in [0.29, 0.717) is 12.3 Å². The number of carbonyl (C=O) groups is 11. The van der Waals surface area contributed by atoms with E-state index in [1.165, 1.54) is 13.8 Å². The highest BCUT2D eigenvalue weighted by molar-refractivity contribution is 5.99. The molecule has 13 atom stereocenters. The summed E-state index contributed by atoms with van der Waals surface area (Å²) in [6.07, 6.45) is -1.79. The average molecular weight is 1190 g/mol. The molecule has 23 N–H and O–H groups in total. The number of nitrogens with one attached hydrogen (secondary N) is 11. The Hall–Kier alpha value is -5.82. The molecule has 1 aliphatic rings. The quantitative estimate of drug-likeness (QED) is 0.0348. The van der Waals surface area contributed by atoms with Gasteiger partial charge in [0.2, 0.25) is 65.0 Å². The maximum atomic E-state index is 14.4. The highest BCUT2D eigenvalue weighted by Gasteiger charge is 2.37. The van der Waals surface area contributed by atoms with Gasteiger partial charge in [-0.1, -0.05) is 54.4 Å². The molecule has 82 heavy (non-hydrogen) atoms. The third kappa shape index (κ3) is 28.0. The fourth-order valence-corrected chi connectivity index (χ4v) is 8.60. The molecule has 0 aromatic carbocycles. The molecule has 11 amide bonds. The van der Waals surface area contributed by atoms with Gasteiger partial charge in [-0.05, 0) is 122 Å². The van der Waals surface area contributed by atoms with Crippen LogP contribution in [0.1, 0.15) is 132 Å². The van der Waals surface area contributed by atoms with Crippen LogP contribution in [0.15, 0.2) is 0 Å². The molecule has 0 bridgehead atoms. The summed E-state index contributed by atoms with van der Waals surface area (Å²) in [7, 11) is 0. The van der Waals surface area contributed by atoms with E-state index in [1.54, 1.807) is 27.7 Å². The number of aliphatic hydroxyl groups is 2. The Morgan fingerprint density at radius 2 is 0.963 bits per heavy atom. The number of nitrogens with two attached hydrogens (primary N) is 5. The van der Waals surface area contributed by atoms with Crippen molar-refractivity contribution < 1.29 is 63.0 Å². The molecule has 2 unspecified atom stereocenters. The zero-order valence-corrected chi connectivity index (χ0v) is 49.9.